The zero-order chi connectivity index (χ0) is 18.6. The van der Waals surface area contributed by atoms with E-state index >= 15 is 0 Å². The fourth-order valence-corrected chi connectivity index (χ4v) is 3.67. The zero-order valence-corrected chi connectivity index (χ0v) is 16.4. The first-order valence-electron chi connectivity index (χ1n) is 8.51. The number of sulfonamides is 1. The highest BCUT2D eigenvalue weighted by Crippen LogP contribution is 2.28. The van der Waals surface area contributed by atoms with Crippen LogP contribution in [0.4, 0.5) is 0 Å². The summed E-state index contributed by atoms with van der Waals surface area (Å²) in [6.07, 6.45) is 0. The van der Waals surface area contributed by atoms with Gasteiger partial charge >= 0.3 is 0 Å². The number of methoxy groups -OCH3 is 1. The largest absolute Gasteiger partial charge is 0.496 e. The van der Waals surface area contributed by atoms with Gasteiger partial charge in [-0.05, 0) is 46.7 Å². The van der Waals surface area contributed by atoms with Crippen LogP contribution >= 0.6 is 0 Å². The monoisotopic (exact) mass is 361 g/mol. The second-order valence-corrected chi connectivity index (χ2v) is 8.55. The van der Waals surface area contributed by atoms with Gasteiger partial charge in [-0.1, -0.05) is 52.0 Å². The van der Waals surface area contributed by atoms with Crippen molar-refractivity contribution in [2.75, 3.05) is 7.11 Å². The molecule has 0 unspecified atom stereocenters. The van der Waals surface area contributed by atoms with Crippen LogP contribution in [-0.2, 0) is 16.6 Å². The molecule has 0 aliphatic heterocycles. The van der Waals surface area contributed by atoms with Crippen LogP contribution in [0.2, 0.25) is 0 Å². The molecule has 136 valence electrons. The summed E-state index contributed by atoms with van der Waals surface area (Å²) in [6, 6.07) is 13.0. The van der Waals surface area contributed by atoms with Gasteiger partial charge in [-0.25, -0.2) is 13.1 Å². The fraction of sp³-hybridized carbons (Fsp3) is 0.400. The molecule has 0 aliphatic rings. The zero-order valence-electron chi connectivity index (χ0n) is 15.5. The quantitative estimate of drug-likeness (QED) is 0.794. The summed E-state index contributed by atoms with van der Waals surface area (Å²) in [5.74, 6) is 1.34. The van der Waals surface area contributed by atoms with Gasteiger partial charge in [0.15, 0.2) is 0 Å². The molecule has 0 heterocycles. The predicted octanol–water partition coefficient (Wildman–Crippen LogP) is 4.42. The van der Waals surface area contributed by atoms with Crippen LogP contribution in [0, 0.1) is 0 Å². The minimum absolute atomic E-state index is 0.175. The van der Waals surface area contributed by atoms with Crippen molar-refractivity contribution in [2.24, 2.45) is 0 Å². The van der Waals surface area contributed by atoms with Crippen LogP contribution in [0.5, 0.6) is 5.75 Å². The Bertz CT molecular complexity index is 809. The van der Waals surface area contributed by atoms with Gasteiger partial charge in [0.25, 0.3) is 0 Å². The Hall–Kier alpha value is -1.85. The molecule has 2 aromatic rings. The first-order chi connectivity index (χ1) is 11.7. The molecule has 2 rings (SSSR count). The van der Waals surface area contributed by atoms with Crippen molar-refractivity contribution in [1.82, 2.24) is 4.72 Å². The third kappa shape index (κ3) is 4.83. The van der Waals surface area contributed by atoms with Crippen molar-refractivity contribution in [1.29, 1.82) is 0 Å². The first kappa shape index (κ1) is 19.5. The van der Waals surface area contributed by atoms with Crippen LogP contribution in [0.25, 0.3) is 0 Å². The van der Waals surface area contributed by atoms with Crippen molar-refractivity contribution in [2.45, 2.75) is 51.0 Å². The molecular weight excluding hydrogens is 334 g/mol. The molecule has 0 aromatic heterocycles. The highest BCUT2D eigenvalue weighted by atomic mass is 32.2. The van der Waals surface area contributed by atoms with Crippen molar-refractivity contribution in [3.63, 3.8) is 0 Å². The maximum absolute atomic E-state index is 12.6. The Morgan fingerprint density at radius 3 is 2.12 bits per heavy atom. The van der Waals surface area contributed by atoms with Crippen LogP contribution in [0.15, 0.2) is 47.4 Å². The molecule has 0 saturated heterocycles. The lowest BCUT2D eigenvalue weighted by Crippen LogP contribution is -2.23. The van der Waals surface area contributed by atoms with E-state index in [4.69, 9.17) is 4.74 Å². The smallest absolute Gasteiger partial charge is 0.240 e. The van der Waals surface area contributed by atoms with Gasteiger partial charge in [0.2, 0.25) is 10.0 Å². The summed E-state index contributed by atoms with van der Waals surface area (Å²) in [5.41, 5.74) is 3.06. The molecule has 0 aliphatic carbocycles. The number of ether oxygens (including phenoxy) is 1. The summed E-state index contributed by atoms with van der Waals surface area (Å²) < 4.78 is 33.2. The third-order valence-electron chi connectivity index (χ3n) is 4.25. The first-order valence-corrected chi connectivity index (χ1v) is 9.99. The summed E-state index contributed by atoms with van der Waals surface area (Å²) in [7, 11) is -1.98. The van der Waals surface area contributed by atoms with E-state index in [1.165, 1.54) is 5.56 Å². The van der Waals surface area contributed by atoms with E-state index in [9.17, 15) is 8.42 Å². The number of hydrogen-bond acceptors (Lipinski definition) is 3. The van der Waals surface area contributed by atoms with E-state index in [1.807, 2.05) is 38.1 Å². The Kier molecular flexibility index (Phi) is 6.25. The summed E-state index contributed by atoms with van der Waals surface area (Å²) in [6.45, 7) is 8.56. The molecule has 0 atom stereocenters. The average Bonchev–Trinajstić information content (AvgIpc) is 2.59. The molecule has 25 heavy (non-hydrogen) atoms. The minimum Gasteiger partial charge on any atom is -0.496 e. The highest BCUT2D eigenvalue weighted by molar-refractivity contribution is 7.89. The van der Waals surface area contributed by atoms with Crippen molar-refractivity contribution in [3.05, 3.63) is 59.2 Å². The van der Waals surface area contributed by atoms with Crippen LogP contribution in [0.1, 0.15) is 56.2 Å². The van der Waals surface area contributed by atoms with Gasteiger partial charge in [0.1, 0.15) is 5.75 Å². The maximum atomic E-state index is 12.6. The van der Waals surface area contributed by atoms with Gasteiger partial charge in [-0.3, -0.25) is 0 Å². The van der Waals surface area contributed by atoms with E-state index in [-0.39, 0.29) is 17.4 Å². The minimum atomic E-state index is -3.57. The van der Waals surface area contributed by atoms with Gasteiger partial charge < -0.3 is 4.74 Å². The molecule has 4 nitrogen and oxygen atoms in total. The predicted molar refractivity (Wildman–Crippen MR) is 102 cm³/mol. The van der Waals surface area contributed by atoms with Crippen LogP contribution in [-0.4, -0.2) is 15.5 Å². The van der Waals surface area contributed by atoms with Crippen molar-refractivity contribution < 1.29 is 13.2 Å². The van der Waals surface area contributed by atoms with Crippen LogP contribution in [0.3, 0.4) is 0 Å². The maximum Gasteiger partial charge on any atom is 0.240 e. The molecule has 0 amide bonds. The average molecular weight is 362 g/mol. The van der Waals surface area contributed by atoms with E-state index in [1.54, 1.807) is 25.3 Å². The Morgan fingerprint density at radius 2 is 1.60 bits per heavy atom. The lowest BCUT2D eigenvalue weighted by Gasteiger charge is -2.14. The normalized spacial score (nSPS) is 12.0. The Morgan fingerprint density at radius 1 is 0.960 bits per heavy atom. The van der Waals surface area contributed by atoms with Gasteiger partial charge in [-0.15, -0.1) is 0 Å². The number of hydrogen-bond donors (Lipinski definition) is 1. The fourth-order valence-electron chi connectivity index (χ4n) is 2.61. The second-order valence-electron chi connectivity index (χ2n) is 6.78. The van der Waals surface area contributed by atoms with E-state index in [0.717, 1.165) is 11.1 Å². The van der Waals surface area contributed by atoms with E-state index in [2.05, 4.69) is 18.6 Å². The van der Waals surface area contributed by atoms with Crippen molar-refractivity contribution >= 4 is 10.0 Å². The summed E-state index contributed by atoms with van der Waals surface area (Å²) in [5, 5.41) is 0. The third-order valence-corrected chi connectivity index (χ3v) is 5.65. The lowest BCUT2D eigenvalue weighted by molar-refractivity contribution is 0.407. The van der Waals surface area contributed by atoms with Gasteiger partial charge in [0, 0.05) is 6.54 Å². The topological polar surface area (TPSA) is 55.4 Å². The molecule has 0 radical (unpaired) electrons. The van der Waals surface area contributed by atoms with E-state index in [0.29, 0.717) is 11.7 Å². The second kappa shape index (κ2) is 8.02. The molecule has 2 aromatic carbocycles. The molecule has 0 bridgehead atoms. The van der Waals surface area contributed by atoms with Crippen molar-refractivity contribution in [3.8, 4) is 5.75 Å². The Balaban J connectivity index is 2.17. The molecule has 0 fully saturated rings. The standard InChI is InChI=1S/C20H27NO3S/c1-14(2)17-8-6-16(7-9-17)13-21-25(22,23)18-10-11-20(24-5)19(12-18)15(3)4/h6-12,14-15,21H,13H2,1-5H3. The molecule has 0 spiro atoms. The SMILES string of the molecule is COc1ccc(S(=O)(=O)NCc2ccc(C(C)C)cc2)cc1C(C)C. The highest BCUT2D eigenvalue weighted by Gasteiger charge is 2.17. The Labute approximate surface area is 151 Å². The molecule has 5 heteroatoms. The molecule has 0 saturated carbocycles. The number of benzene rings is 2. The number of rotatable bonds is 7. The lowest BCUT2D eigenvalue weighted by atomic mass is 10.0. The number of nitrogens with one attached hydrogen (secondary N) is 1. The molecular formula is C20H27NO3S. The van der Waals surface area contributed by atoms with E-state index < -0.39 is 10.0 Å². The van der Waals surface area contributed by atoms with Gasteiger partial charge in [0.05, 0.1) is 12.0 Å². The summed E-state index contributed by atoms with van der Waals surface area (Å²) >= 11 is 0. The molecule has 1 N–H and O–H groups in total. The van der Waals surface area contributed by atoms with Gasteiger partial charge in [-0.2, -0.15) is 0 Å². The van der Waals surface area contributed by atoms with Crippen LogP contribution < -0.4 is 9.46 Å². The summed E-state index contributed by atoms with van der Waals surface area (Å²) in [4.78, 5) is 0.260.